The van der Waals surface area contributed by atoms with Gasteiger partial charge in [-0.3, -0.25) is 14.9 Å². The molecule has 11 heteroatoms. The SMILES string of the molecule is O=C(COc1ccc(Cl)cc1Cl)N/N=C\c1cc([N+](=O)[O-])ccc1OCc1cccc(F)c1. The average molecular weight is 492 g/mol. The molecule has 0 atom stereocenters. The lowest BCUT2D eigenvalue weighted by atomic mass is 10.2. The molecule has 0 fully saturated rings. The number of amides is 1. The summed E-state index contributed by atoms with van der Waals surface area (Å²) in [6.07, 6.45) is 1.20. The highest BCUT2D eigenvalue weighted by atomic mass is 35.5. The van der Waals surface area contributed by atoms with E-state index >= 15 is 0 Å². The first kappa shape index (κ1) is 24.0. The van der Waals surface area contributed by atoms with E-state index in [1.807, 2.05) is 0 Å². The van der Waals surface area contributed by atoms with E-state index in [0.29, 0.717) is 10.6 Å². The van der Waals surface area contributed by atoms with Crippen LogP contribution in [0.1, 0.15) is 11.1 Å². The van der Waals surface area contributed by atoms with E-state index < -0.39 is 16.6 Å². The van der Waals surface area contributed by atoms with Gasteiger partial charge < -0.3 is 9.47 Å². The van der Waals surface area contributed by atoms with Crippen molar-refractivity contribution in [3.63, 3.8) is 0 Å². The molecule has 3 aromatic carbocycles. The number of hydrazone groups is 1. The molecule has 1 amide bonds. The average Bonchev–Trinajstić information content (AvgIpc) is 2.77. The van der Waals surface area contributed by atoms with Crippen LogP contribution in [-0.4, -0.2) is 23.7 Å². The summed E-state index contributed by atoms with van der Waals surface area (Å²) in [7, 11) is 0. The maximum absolute atomic E-state index is 13.4. The second-order valence-corrected chi connectivity index (χ2v) is 7.40. The minimum atomic E-state index is -0.593. The van der Waals surface area contributed by atoms with Gasteiger partial charge in [0.1, 0.15) is 23.9 Å². The molecule has 0 radical (unpaired) electrons. The highest BCUT2D eigenvalue weighted by Gasteiger charge is 2.12. The molecule has 170 valence electrons. The zero-order valence-electron chi connectivity index (χ0n) is 16.8. The summed E-state index contributed by atoms with van der Waals surface area (Å²) < 4.78 is 24.3. The molecule has 0 aliphatic carbocycles. The lowest BCUT2D eigenvalue weighted by Gasteiger charge is -2.09. The maximum atomic E-state index is 13.4. The van der Waals surface area contributed by atoms with E-state index in [-0.39, 0.29) is 41.0 Å². The molecule has 0 spiro atoms. The number of nitrogens with zero attached hydrogens (tertiary/aromatic N) is 2. The molecule has 0 aliphatic heterocycles. The predicted octanol–water partition coefficient (Wildman–Crippen LogP) is 5.15. The van der Waals surface area contributed by atoms with Crippen LogP contribution in [0.3, 0.4) is 0 Å². The number of non-ortho nitro benzene ring substituents is 1. The van der Waals surface area contributed by atoms with E-state index in [1.54, 1.807) is 18.2 Å². The first-order valence-electron chi connectivity index (χ1n) is 9.37. The summed E-state index contributed by atoms with van der Waals surface area (Å²) in [4.78, 5) is 22.5. The molecule has 3 rings (SSSR count). The second-order valence-electron chi connectivity index (χ2n) is 6.55. The summed E-state index contributed by atoms with van der Waals surface area (Å²) >= 11 is 11.8. The largest absolute Gasteiger partial charge is 0.488 e. The van der Waals surface area contributed by atoms with Crippen LogP contribution in [0.2, 0.25) is 10.0 Å². The molecular formula is C22H16Cl2FN3O5. The minimum Gasteiger partial charge on any atom is -0.488 e. The first-order valence-corrected chi connectivity index (χ1v) is 10.1. The fourth-order valence-electron chi connectivity index (χ4n) is 2.61. The number of rotatable bonds is 9. The van der Waals surface area contributed by atoms with Gasteiger partial charge in [0.2, 0.25) is 0 Å². The second kappa shape index (κ2) is 11.3. The molecule has 0 aromatic heterocycles. The fourth-order valence-corrected chi connectivity index (χ4v) is 3.07. The smallest absolute Gasteiger partial charge is 0.277 e. The number of carbonyl (C=O) groups excluding carboxylic acids is 1. The zero-order valence-corrected chi connectivity index (χ0v) is 18.3. The van der Waals surface area contributed by atoms with Gasteiger partial charge in [0.25, 0.3) is 11.6 Å². The highest BCUT2D eigenvalue weighted by molar-refractivity contribution is 6.35. The third-order valence-corrected chi connectivity index (χ3v) is 4.66. The van der Waals surface area contributed by atoms with Crippen LogP contribution in [0.5, 0.6) is 11.5 Å². The number of nitro groups is 1. The van der Waals surface area contributed by atoms with Crippen LogP contribution >= 0.6 is 23.2 Å². The van der Waals surface area contributed by atoms with Crippen LogP contribution in [-0.2, 0) is 11.4 Å². The Kier molecular flexibility index (Phi) is 8.17. The van der Waals surface area contributed by atoms with Crippen molar-refractivity contribution in [1.82, 2.24) is 5.43 Å². The molecule has 0 aliphatic rings. The van der Waals surface area contributed by atoms with E-state index in [0.717, 1.165) is 0 Å². The van der Waals surface area contributed by atoms with Crippen LogP contribution in [0.15, 0.2) is 65.8 Å². The molecule has 0 unspecified atom stereocenters. The predicted molar refractivity (Wildman–Crippen MR) is 122 cm³/mol. The Bertz CT molecular complexity index is 1210. The summed E-state index contributed by atoms with van der Waals surface area (Å²) in [6.45, 7) is -0.352. The molecule has 33 heavy (non-hydrogen) atoms. The normalized spacial score (nSPS) is 10.8. The van der Waals surface area contributed by atoms with Crippen molar-refractivity contribution in [1.29, 1.82) is 0 Å². The van der Waals surface area contributed by atoms with E-state index in [1.165, 1.54) is 48.7 Å². The minimum absolute atomic E-state index is 0.0263. The Morgan fingerprint density at radius 3 is 2.61 bits per heavy atom. The lowest BCUT2D eigenvalue weighted by molar-refractivity contribution is -0.384. The molecule has 0 saturated heterocycles. The molecule has 8 nitrogen and oxygen atoms in total. The van der Waals surface area contributed by atoms with Gasteiger partial charge >= 0.3 is 0 Å². The van der Waals surface area contributed by atoms with E-state index in [2.05, 4.69) is 10.5 Å². The number of hydrogen-bond acceptors (Lipinski definition) is 6. The standard InChI is InChI=1S/C22H16Cl2FN3O5/c23-16-4-6-21(19(24)10-16)33-13-22(29)27-26-11-15-9-18(28(30)31)5-7-20(15)32-12-14-2-1-3-17(25)8-14/h1-11H,12-13H2,(H,27,29)/b26-11-. The van der Waals surface area contributed by atoms with Gasteiger partial charge in [-0.05, 0) is 42.0 Å². The van der Waals surface area contributed by atoms with Gasteiger partial charge in [0, 0.05) is 22.7 Å². The summed E-state index contributed by atoms with van der Waals surface area (Å²) in [5, 5.41) is 15.6. The van der Waals surface area contributed by atoms with Crippen molar-refractivity contribution >= 4 is 41.0 Å². The van der Waals surface area contributed by atoms with Gasteiger partial charge in [-0.25, -0.2) is 9.82 Å². The Hall–Kier alpha value is -3.69. The van der Waals surface area contributed by atoms with Crippen molar-refractivity contribution < 1.29 is 23.6 Å². The van der Waals surface area contributed by atoms with Gasteiger partial charge in [-0.15, -0.1) is 0 Å². The number of nitrogens with one attached hydrogen (secondary N) is 1. The van der Waals surface area contributed by atoms with Crippen LogP contribution in [0, 0.1) is 15.9 Å². The van der Waals surface area contributed by atoms with Gasteiger partial charge in [-0.2, -0.15) is 5.10 Å². The van der Waals surface area contributed by atoms with Crippen molar-refractivity contribution in [2.45, 2.75) is 6.61 Å². The maximum Gasteiger partial charge on any atom is 0.277 e. The van der Waals surface area contributed by atoms with Gasteiger partial charge in [0.15, 0.2) is 6.61 Å². The van der Waals surface area contributed by atoms with Crippen LogP contribution < -0.4 is 14.9 Å². The Labute approximate surface area is 197 Å². The van der Waals surface area contributed by atoms with Gasteiger partial charge in [-0.1, -0.05) is 35.3 Å². The van der Waals surface area contributed by atoms with Crippen molar-refractivity contribution in [3.05, 3.63) is 97.8 Å². The van der Waals surface area contributed by atoms with E-state index in [4.69, 9.17) is 32.7 Å². The summed E-state index contributed by atoms with van der Waals surface area (Å²) in [5.74, 6) is -0.477. The third-order valence-electron chi connectivity index (χ3n) is 4.13. The topological polar surface area (TPSA) is 103 Å². The summed E-state index contributed by atoms with van der Waals surface area (Å²) in [6, 6.07) is 14.3. The molecular weight excluding hydrogens is 476 g/mol. The van der Waals surface area contributed by atoms with Crippen molar-refractivity contribution in [2.24, 2.45) is 5.10 Å². The highest BCUT2D eigenvalue weighted by Crippen LogP contribution is 2.27. The van der Waals surface area contributed by atoms with Crippen LogP contribution in [0.25, 0.3) is 0 Å². The Morgan fingerprint density at radius 2 is 1.88 bits per heavy atom. The van der Waals surface area contributed by atoms with Crippen molar-refractivity contribution in [2.75, 3.05) is 6.61 Å². The van der Waals surface area contributed by atoms with Gasteiger partial charge in [0.05, 0.1) is 16.2 Å². The van der Waals surface area contributed by atoms with E-state index in [9.17, 15) is 19.3 Å². The quantitative estimate of drug-likeness (QED) is 0.253. The molecule has 0 saturated carbocycles. The number of hydrogen-bond donors (Lipinski definition) is 1. The third kappa shape index (κ3) is 7.16. The molecule has 0 heterocycles. The lowest BCUT2D eigenvalue weighted by Crippen LogP contribution is -2.24. The summed E-state index contributed by atoms with van der Waals surface area (Å²) in [5.41, 5.74) is 2.87. The Morgan fingerprint density at radius 1 is 1.09 bits per heavy atom. The van der Waals surface area contributed by atoms with Crippen LogP contribution in [0.4, 0.5) is 10.1 Å². The Balaban J connectivity index is 1.65. The van der Waals surface area contributed by atoms with Crippen molar-refractivity contribution in [3.8, 4) is 11.5 Å². The molecule has 0 bridgehead atoms. The first-order chi connectivity index (χ1) is 15.8. The monoisotopic (exact) mass is 491 g/mol. The number of carbonyl (C=O) groups is 1. The molecule has 3 aromatic rings. The number of benzene rings is 3. The number of halogens is 3. The zero-order chi connectivity index (χ0) is 23.8. The molecule has 1 N–H and O–H groups in total. The number of ether oxygens (including phenoxy) is 2. The number of nitro benzene ring substituents is 1. The fraction of sp³-hybridized carbons (Fsp3) is 0.0909.